The van der Waals surface area contributed by atoms with Crippen LogP contribution in [0.15, 0.2) is 0 Å². The highest BCUT2D eigenvalue weighted by atomic mass is 16.2. The van der Waals surface area contributed by atoms with Gasteiger partial charge in [0, 0.05) is 19.5 Å². The van der Waals surface area contributed by atoms with Gasteiger partial charge in [-0.15, -0.1) is 0 Å². The Hall–Kier alpha value is -0.570. The summed E-state index contributed by atoms with van der Waals surface area (Å²) in [5.41, 5.74) is 5.95. The highest BCUT2D eigenvalue weighted by Gasteiger charge is 2.34. The fourth-order valence-electron chi connectivity index (χ4n) is 3.36. The van der Waals surface area contributed by atoms with Crippen LogP contribution in [0.4, 0.5) is 0 Å². The van der Waals surface area contributed by atoms with Crippen molar-refractivity contribution in [2.75, 3.05) is 19.6 Å². The van der Waals surface area contributed by atoms with Crippen LogP contribution >= 0.6 is 0 Å². The minimum Gasteiger partial charge on any atom is -0.342 e. The Bertz CT molecular complexity index is 286. The molecule has 1 unspecified atom stereocenters. The first-order chi connectivity index (χ1) is 8.63. The van der Waals surface area contributed by atoms with Crippen LogP contribution in [0.2, 0.25) is 0 Å². The molecule has 2 rings (SSSR count). The monoisotopic (exact) mass is 252 g/mol. The number of carbonyl (C=O) groups excluding carboxylic acids is 1. The van der Waals surface area contributed by atoms with Gasteiger partial charge < -0.3 is 10.6 Å². The summed E-state index contributed by atoms with van der Waals surface area (Å²) in [4.78, 5) is 14.2. The first-order valence-corrected chi connectivity index (χ1v) is 7.61. The van der Waals surface area contributed by atoms with Gasteiger partial charge in [-0.1, -0.05) is 39.0 Å². The minimum absolute atomic E-state index is 0.167. The maximum Gasteiger partial charge on any atom is 0.222 e. The first-order valence-electron chi connectivity index (χ1n) is 7.61. The van der Waals surface area contributed by atoms with E-state index in [0.717, 1.165) is 38.3 Å². The van der Waals surface area contributed by atoms with Gasteiger partial charge >= 0.3 is 0 Å². The molecule has 1 heterocycles. The van der Waals surface area contributed by atoms with Crippen LogP contribution in [0.5, 0.6) is 0 Å². The third kappa shape index (κ3) is 3.47. The van der Waals surface area contributed by atoms with Crippen molar-refractivity contribution in [3.05, 3.63) is 0 Å². The second-order valence-electron chi connectivity index (χ2n) is 6.62. The number of nitrogens with two attached hydrogens (primary N) is 1. The molecule has 0 radical (unpaired) electrons. The van der Waals surface area contributed by atoms with Gasteiger partial charge in [-0.05, 0) is 30.7 Å². The Morgan fingerprint density at radius 2 is 2.06 bits per heavy atom. The van der Waals surface area contributed by atoms with Crippen LogP contribution in [0.3, 0.4) is 0 Å². The number of likely N-dealkylation sites (tertiary alicyclic amines) is 1. The van der Waals surface area contributed by atoms with Crippen molar-refractivity contribution in [2.45, 2.75) is 58.3 Å². The predicted molar refractivity (Wildman–Crippen MR) is 74.2 cm³/mol. The van der Waals surface area contributed by atoms with E-state index in [0.29, 0.717) is 12.5 Å². The average molecular weight is 252 g/mol. The zero-order valence-electron chi connectivity index (χ0n) is 11.8. The zero-order valence-corrected chi connectivity index (χ0v) is 11.8. The van der Waals surface area contributed by atoms with E-state index in [1.54, 1.807) is 0 Å². The lowest BCUT2D eigenvalue weighted by Crippen LogP contribution is -2.34. The van der Waals surface area contributed by atoms with Gasteiger partial charge in [0.2, 0.25) is 5.91 Å². The molecule has 1 atom stereocenters. The lowest BCUT2D eigenvalue weighted by Gasteiger charge is -2.24. The van der Waals surface area contributed by atoms with E-state index in [1.165, 1.54) is 32.1 Å². The van der Waals surface area contributed by atoms with Gasteiger partial charge in [0.15, 0.2) is 0 Å². The van der Waals surface area contributed by atoms with Crippen molar-refractivity contribution in [3.8, 4) is 0 Å². The number of carbonyl (C=O) groups is 1. The Morgan fingerprint density at radius 3 is 2.67 bits per heavy atom. The van der Waals surface area contributed by atoms with Crippen LogP contribution < -0.4 is 5.73 Å². The van der Waals surface area contributed by atoms with Crippen LogP contribution in [0.1, 0.15) is 58.3 Å². The molecule has 0 bridgehead atoms. The molecule has 0 aromatic carbocycles. The maximum absolute atomic E-state index is 12.2. The van der Waals surface area contributed by atoms with E-state index in [2.05, 4.69) is 6.92 Å². The van der Waals surface area contributed by atoms with Crippen molar-refractivity contribution in [1.82, 2.24) is 4.90 Å². The quantitative estimate of drug-likeness (QED) is 0.836. The van der Waals surface area contributed by atoms with Crippen molar-refractivity contribution in [1.29, 1.82) is 0 Å². The third-order valence-corrected chi connectivity index (χ3v) is 4.89. The summed E-state index contributed by atoms with van der Waals surface area (Å²) < 4.78 is 0. The van der Waals surface area contributed by atoms with Crippen molar-refractivity contribution < 1.29 is 4.79 Å². The predicted octanol–water partition coefficient (Wildman–Crippen LogP) is 2.54. The molecule has 1 saturated heterocycles. The van der Waals surface area contributed by atoms with Gasteiger partial charge in [0.05, 0.1) is 0 Å². The molecular formula is C15H28N2O. The molecular weight excluding hydrogens is 224 g/mol. The number of rotatable bonds is 4. The van der Waals surface area contributed by atoms with Gasteiger partial charge in [0.25, 0.3) is 0 Å². The maximum atomic E-state index is 12.2. The number of nitrogens with zero attached hydrogens (tertiary/aromatic N) is 1. The Morgan fingerprint density at radius 1 is 1.33 bits per heavy atom. The number of hydrogen-bond acceptors (Lipinski definition) is 2. The summed E-state index contributed by atoms with van der Waals surface area (Å²) in [6.45, 7) is 4.67. The van der Waals surface area contributed by atoms with Crippen LogP contribution in [0.25, 0.3) is 0 Å². The van der Waals surface area contributed by atoms with E-state index < -0.39 is 0 Å². The van der Waals surface area contributed by atoms with E-state index in [-0.39, 0.29) is 5.41 Å². The largest absolute Gasteiger partial charge is 0.342 e. The van der Waals surface area contributed by atoms with E-state index in [9.17, 15) is 4.79 Å². The topological polar surface area (TPSA) is 46.3 Å². The second-order valence-corrected chi connectivity index (χ2v) is 6.62. The molecule has 1 saturated carbocycles. The molecule has 1 amide bonds. The normalized spacial score (nSPS) is 29.8. The van der Waals surface area contributed by atoms with Crippen molar-refractivity contribution in [3.63, 3.8) is 0 Å². The zero-order chi connectivity index (χ0) is 13.0. The molecule has 104 valence electrons. The highest BCUT2D eigenvalue weighted by Crippen LogP contribution is 2.31. The smallest absolute Gasteiger partial charge is 0.222 e. The standard InChI is InChI=1S/C15H28N2O/c1-15(11-16)9-10-17(12-15)14(18)8-7-13-5-3-2-4-6-13/h13H,2-12,16H2,1H3. The van der Waals surface area contributed by atoms with Crippen LogP contribution in [-0.2, 0) is 4.79 Å². The summed E-state index contributed by atoms with van der Waals surface area (Å²) in [6, 6.07) is 0. The second kappa shape index (κ2) is 6.05. The fraction of sp³-hybridized carbons (Fsp3) is 0.933. The van der Waals surface area contributed by atoms with Gasteiger partial charge in [-0.2, -0.15) is 0 Å². The molecule has 3 nitrogen and oxygen atoms in total. The van der Waals surface area contributed by atoms with Crippen molar-refractivity contribution >= 4 is 5.91 Å². The summed E-state index contributed by atoms with van der Waals surface area (Å²) >= 11 is 0. The van der Waals surface area contributed by atoms with Crippen LogP contribution in [-0.4, -0.2) is 30.4 Å². The Kier molecular flexibility index (Phi) is 4.66. The Balaban J connectivity index is 1.72. The van der Waals surface area contributed by atoms with Gasteiger partial charge in [0.1, 0.15) is 0 Å². The minimum atomic E-state index is 0.167. The van der Waals surface area contributed by atoms with Crippen LogP contribution in [0, 0.1) is 11.3 Å². The van der Waals surface area contributed by atoms with E-state index in [4.69, 9.17) is 5.73 Å². The fourth-order valence-corrected chi connectivity index (χ4v) is 3.36. The highest BCUT2D eigenvalue weighted by molar-refractivity contribution is 5.76. The molecule has 1 aliphatic carbocycles. The molecule has 0 aromatic heterocycles. The molecule has 2 N–H and O–H groups in total. The SMILES string of the molecule is CC1(CN)CCN(C(=O)CCC2CCCCC2)C1. The average Bonchev–Trinajstić information content (AvgIpc) is 2.81. The summed E-state index contributed by atoms with van der Waals surface area (Å²) in [7, 11) is 0. The van der Waals surface area contributed by atoms with Gasteiger partial charge in [-0.3, -0.25) is 4.79 Å². The van der Waals surface area contributed by atoms with E-state index >= 15 is 0 Å². The van der Waals surface area contributed by atoms with Crippen molar-refractivity contribution in [2.24, 2.45) is 17.1 Å². The van der Waals surface area contributed by atoms with Gasteiger partial charge in [-0.25, -0.2) is 0 Å². The first kappa shape index (κ1) is 13.9. The molecule has 0 spiro atoms. The molecule has 3 heteroatoms. The molecule has 1 aliphatic heterocycles. The third-order valence-electron chi connectivity index (χ3n) is 4.89. The summed E-state index contributed by atoms with van der Waals surface area (Å²) in [5.74, 6) is 1.17. The lowest BCUT2D eigenvalue weighted by atomic mass is 9.86. The lowest BCUT2D eigenvalue weighted by molar-refractivity contribution is -0.130. The Labute approximate surface area is 111 Å². The molecule has 0 aromatic rings. The molecule has 2 aliphatic rings. The number of hydrogen-bond donors (Lipinski definition) is 1. The van der Waals surface area contributed by atoms with E-state index in [1.807, 2.05) is 4.90 Å². The number of amides is 1. The summed E-state index contributed by atoms with van der Waals surface area (Å²) in [6.07, 6.45) is 9.74. The summed E-state index contributed by atoms with van der Waals surface area (Å²) in [5, 5.41) is 0. The molecule has 18 heavy (non-hydrogen) atoms. The molecule has 2 fully saturated rings.